The van der Waals surface area contributed by atoms with E-state index in [0.717, 1.165) is 0 Å². The van der Waals surface area contributed by atoms with Crippen LogP contribution in [0.3, 0.4) is 0 Å². The number of aliphatic hydroxyl groups excluding tert-OH is 1. The van der Waals surface area contributed by atoms with E-state index in [9.17, 15) is 13.2 Å². The van der Waals surface area contributed by atoms with E-state index in [2.05, 4.69) is 0 Å². The molecule has 1 aliphatic rings. The summed E-state index contributed by atoms with van der Waals surface area (Å²) in [5.74, 6) is 0. The van der Waals surface area contributed by atoms with Crippen LogP contribution in [-0.2, 0) is 0 Å². The van der Waals surface area contributed by atoms with Crippen LogP contribution in [0.15, 0.2) is 0 Å². The fraction of sp³-hybridized carbons (Fsp3) is 1.00. The second kappa shape index (κ2) is 3.46. The van der Waals surface area contributed by atoms with Gasteiger partial charge in [0.15, 0.2) is 0 Å². The maximum atomic E-state index is 12.4. The number of halogens is 3. The van der Waals surface area contributed by atoms with Crippen LogP contribution in [0.25, 0.3) is 0 Å². The molecule has 1 aliphatic heterocycles. The molecule has 5 heteroatoms. The first-order chi connectivity index (χ1) is 5.82. The van der Waals surface area contributed by atoms with E-state index in [1.165, 1.54) is 4.90 Å². The number of alkyl halides is 3. The third-order valence-corrected chi connectivity index (χ3v) is 2.36. The molecule has 0 aromatic rings. The first kappa shape index (κ1) is 10.8. The number of hydrogen-bond donors (Lipinski definition) is 1. The van der Waals surface area contributed by atoms with Crippen LogP contribution in [0, 0.1) is 0 Å². The Morgan fingerprint density at radius 3 is 2.23 bits per heavy atom. The van der Waals surface area contributed by atoms with E-state index >= 15 is 0 Å². The molecule has 1 saturated heterocycles. The van der Waals surface area contributed by atoms with Crippen molar-refractivity contribution in [2.24, 2.45) is 0 Å². The molecule has 0 bridgehead atoms. The van der Waals surface area contributed by atoms with Gasteiger partial charge in [0.25, 0.3) is 0 Å². The molecule has 0 spiro atoms. The van der Waals surface area contributed by atoms with Crippen molar-refractivity contribution < 1.29 is 18.3 Å². The molecule has 2 atom stereocenters. The van der Waals surface area contributed by atoms with E-state index in [0.29, 0.717) is 0 Å². The number of hydrogen-bond acceptors (Lipinski definition) is 2. The van der Waals surface area contributed by atoms with Gasteiger partial charge in [-0.25, -0.2) is 0 Å². The predicted octanol–water partition coefficient (Wildman–Crippen LogP) is 1.39. The van der Waals surface area contributed by atoms with Crippen LogP contribution in [-0.4, -0.2) is 40.9 Å². The van der Waals surface area contributed by atoms with Crippen molar-refractivity contribution in [3.63, 3.8) is 0 Å². The number of aliphatic hydroxyl groups is 1. The van der Waals surface area contributed by atoms with Crippen LogP contribution in [0.2, 0.25) is 0 Å². The summed E-state index contributed by atoms with van der Waals surface area (Å²) in [6.45, 7) is 3.54. The Morgan fingerprint density at radius 1 is 1.38 bits per heavy atom. The lowest BCUT2D eigenvalue weighted by atomic mass is 10.2. The molecule has 1 N–H and O–H groups in total. The van der Waals surface area contributed by atoms with Gasteiger partial charge >= 0.3 is 6.18 Å². The molecule has 0 amide bonds. The van der Waals surface area contributed by atoms with Gasteiger partial charge in [0.1, 0.15) is 6.04 Å². The second-order valence-corrected chi connectivity index (χ2v) is 3.74. The highest BCUT2D eigenvalue weighted by Crippen LogP contribution is 2.33. The van der Waals surface area contributed by atoms with Gasteiger partial charge in [-0.3, -0.25) is 4.90 Å². The lowest BCUT2D eigenvalue weighted by Crippen LogP contribution is -2.44. The zero-order valence-electron chi connectivity index (χ0n) is 7.67. The van der Waals surface area contributed by atoms with Crippen molar-refractivity contribution in [3.8, 4) is 0 Å². The number of nitrogens with zero attached hydrogens (tertiary/aromatic N) is 1. The topological polar surface area (TPSA) is 23.5 Å². The van der Waals surface area contributed by atoms with Gasteiger partial charge in [0.2, 0.25) is 0 Å². The predicted molar refractivity (Wildman–Crippen MR) is 42.3 cm³/mol. The SMILES string of the molecule is CC(C)N1CC(O)CC1C(F)(F)F. The molecular weight excluding hydrogens is 183 g/mol. The van der Waals surface area contributed by atoms with E-state index in [4.69, 9.17) is 5.11 Å². The van der Waals surface area contributed by atoms with Gasteiger partial charge in [-0.15, -0.1) is 0 Å². The van der Waals surface area contributed by atoms with Crippen molar-refractivity contribution in [1.29, 1.82) is 0 Å². The average Bonchev–Trinajstić information content (AvgIpc) is 2.29. The van der Waals surface area contributed by atoms with Gasteiger partial charge in [-0.1, -0.05) is 0 Å². The number of β-amino-alcohol motifs (C(OH)–C–C–N with tert-alkyl or cyclic N) is 1. The van der Waals surface area contributed by atoms with Crippen molar-refractivity contribution >= 4 is 0 Å². The van der Waals surface area contributed by atoms with Crippen molar-refractivity contribution in [1.82, 2.24) is 4.90 Å². The summed E-state index contributed by atoms with van der Waals surface area (Å²) in [4.78, 5) is 1.30. The average molecular weight is 197 g/mol. The smallest absolute Gasteiger partial charge is 0.392 e. The van der Waals surface area contributed by atoms with Gasteiger partial charge in [0, 0.05) is 12.6 Å². The summed E-state index contributed by atoms with van der Waals surface area (Å²) in [5.41, 5.74) is 0. The molecule has 2 nitrogen and oxygen atoms in total. The molecule has 0 radical (unpaired) electrons. The summed E-state index contributed by atoms with van der Waals surface area (Å²) in [6, 6.07) is -1.65. The highest BCUT2D eigenvalue weighted by Gasteiger charge is 2.49. The first-order valence-corrected chi connectivity index (χ1v) is 4.33. The van der Waals surface area contributed by atoms with E-state index in [-0.39, 0.29) is 19.0 Å². The molecule has 78 valence electrons. The van der Waals surface area contributed by atoms with E-state index < -0.39 is 18.3 Å². The zero-order chi connectivity index (χ0) is 10.2. The minimum atomic E-state index is -4.22. The third kappa shape index (κ3) is 2.34. The van der Waals surface area contributed by atoms with Crippen LogP contribution >= 0.6 is 0 Å². The summed E-state index contributed by atoms with van der Waals surface area (Å²) in [5, 5.41) is 9.14. The number of likely N-dealkylation sites (tertiary alicyclic amines) is 1. The highest BCUT2D eigenvalue weighted by atomic mass is 19.4. The Kier molecular flexibility index (Phi) is 2.87. The summed E-state index contributed by atoms with van der Waals surface area (Å²) in [6.07, 6.45) is -5.25. The maximum absolute atomic E-state index is 12.4. The van der Waals surface area contributed by atoms with Gasteiger partial charge in [-0.2, -0.15) is 13.2 Å². The first-order valence-electron chi connectivity index (χ1n) is 4.33. The monoisotopic (exact) mass is 197 g/mol. The van der Waals surface area contributed by atoms with E-state index in [1.54, 1.807) is 13.8 Å². The van der Waals surface area contributed by atoms with Crippen LogP contribution < -0.4 is 0 Å². The lowest BCUT2D eigenvalue weighted by Gasteiger charge is -2.29. The van der Waals surface area contributed by atoms with Crippen molar-refractivity contribution in [2.45, 2.75) is 44.6 Å². The Hall–Kier alpha value is -0.290. The standard InChI is InChI=1S/C8H14F3NO/c1-5(2)12-4-6(13)3-7(12)8(9,10)11/h5-7,13H,3-4H2,1-2H3. The third-order valence-electron chi connectivity index (χ3n) is 2.36. The summed E-state index contributed by atoms with van der Waals surface area (Å²) < 4.78 is 37.2. The molecule has 1 heterocycles. The molecule has 1 rings (SSSR count). The van der Waals surface area contributed by atoms with Gasteiger partial charge < -0.3 is 5.11 Å². The van der Waals surface area contributed by atoms with Crippen molar-refractivity contribution in [3.05, 3.63) is 0 Å². The molecule has 13 heavy (non-hydrogen) atoms. The molecule has 0 saturated carbocycles. The zero-order valence-corrected chi connectivity index (χ0v) is 7.67. The van der Waals surface area contributed by atoms with Gasteiger partial charge in [-0.05, 0) is 20.3 Å². The fourth-order valence-electron chi connectivity index (χ4n) is 1.73. The summed E-state index contributed by atoms with van der Waals surface area (Å²) in [7, 11) is 0. The molecule has 0 aromatic heterocycles. The fourth-order valence-corrected chi connectivity index (χ4v) is 1.73. The molecule has 1 fully saturated rings. The normalized spacial score (nSPS) is 31.6. The Labute approximate surface area is 75.3 Å². The quantitative estimate of drug-likeness (QED) is 0.686. The summed E-state index contributed by atoms with van der Waals surface area (Å²) >= 11 is 0. The Balaban J connectivity index is 2.72. The van der Waals surface area contributed by atoms with Crippen molar-refractivity contribution in [2.75, 3.05) is 6.54 Å². The molecule has 0 aromatic carbocycles. The minimum absolute atomic E-state index is 0.127. The second-order valence-electron chi connectivity index (χ2n) is 3.74. The van der Waals surface area contributed by atoms with E-state index in [1.807, 2.05) is 0 Å². The van der Waals surface area contributed by atoms with Crippen LogP contribution in [0.1, 0.15) is 20.3 Å². The van der Waals surface area contributed by atoms with Crippen LogP contribution in [0.4, 0.5) is 13.2 Å². The van der Waals surface area contributed by atoms with Crippen LogP contribution in [0.5, 0.6) is 0 Å². The maximum Gasteiger partial charge on any atom is 0.404 e. The Morgan fingerprint density at radius 2 is 1.92 bits per heavy atom. The molecule has 2 unspecified atom stereocenters. The largest absolute Gasteiger partial charge is 0.404 e. The highest BCUT2D eigenvalue weighted by molar-refractivity contribution is 4.91. The van der Waals surface area contributed by atoms with Gasteiger partial charge in [0.05, 0.1) is 6.10 Å². The number of rotatable bonds is 1. The molecule has 0 aliphatic carbocycles. The minimum Gasteiger partial charge on any atom is -0.392 e. The lowest BCUT2D eigenvalue weighted by molar-refractivity contribution is -0.179. The molecular formula is C8H14F3NO. The Bertz CT molecular complexity index is 181.